The fourth-order valence-electron chi connectivity index (χ4n) is 3.69. The first-order valence-corrected chi connectivity index (χ1v) is 11.5. The van der Waals surface area contributed by atoms with Crippen LogP contribution in [-0.4, -0.2) is 39.8 Å². The molecule has 0 N–H and O–H groups in total. The van der Waals surface area contributed by atoms with Crippen LogP contribution in [0.5, 0.6) is 0 Å². The third kappa shape index (κ3) is 3.59. The predicted molar refractivity (Wildman–Crippen MR) is 129 cm³/mol. The summed E-state index contributed by atoms with van der Waals surface area (Å²) >= 11 is 1.43. The normalized spacial score (nSPS) is 11.3. The summed E-state index contributed by atoms with van der Waals surface area (Å²) in [5.74, 6) is 1.05. The van der Waals surface area contributed by atoms with Gasteiger partial charge in [-0.3, -0.25) is 4.79 Å². The molecule has 0 saturated heterocycles. The molecule has 9 nitrogen and oxygen atoms in total. The zero-order valence-corrected chi connectivity index (χ0v) is 18.5. The molecule has 0 spiro atoms. The van der Waals surface area contributed by atoms with E-state index < -0.39 is 0 Å². The van der Waals surface area contributed by atoms with Gasteiger partial charge in [-0.1, -0.05) is 72.4 Å². The Labute approximate surface area is 197 Å². The highest BCUT2D eigenvalue weighted by atomic mass is 32.2. The van der Waals surface area contributed by atoms with E-state index in [0.717, 1.165) is 16.6 Å². The molecule has 0 radical (unpaired) electrons. The van der Waals surface area contributed by atoms with Crippen LogP contribution >= 0.6 is 11.8 Å². The first-order valence-electron chi connectivity index (χ1n) is 10.5. The van der Waals surface area contributed by atoms with Crippen LogP contribution in [0.1, 0.15) is 5.82 Å². The maximum atomic E-state index is 12.9. The number of nitrogens with zero attached hydrogens (tertiary/aromatic N) is 8. The fraction of sp³-hybridized carbons (Fsp3) is 0.0417. The lowest BCUT2D eigenvalue weighted by Gasteiger charge is -2.11. The van der Waals surface area contributed by atoms with Crippen LogP contribution < -0.4 is 5.56 Å². The van der Waals surface area contributed by atoms with E-state index in [0.29, 0.717) is 27.9 Å². The van der Waals surface area contributed by atoms with Gasteiger partial charge in [-0.2, -0.15) is 19.3 Å². The molecular weight excluding hydrogens is 448 g/mol. The summed E-state index contributed by atoms with van der Waals surface area (Å²) in [7, 11) is 0. The van der Waals surface area contributed by atoms with Gasteiger partial charge < -0.3 is 0 Å². The third-order valence-corrected chi connectivity index (χ3v) is 6.18. The number of hydrogen-bond donors (Lipinski definition) is 0. The zero-order valence-electron chi connectivity index (χ0n) is 17.7. The van der Waals surface area contributed by atoms with E-state index in [4.69, 9.17) is 4.98 Å². The summed E-state index contributed by atoms with van der Waals surface area (Å²) in [6.45, 7) is 0. The Morgan fingerprint density at radius 3 is 2.38 bits per heavy atom. The lowest BCUT2D eigenvalue weighted by Crippen LogP contribution is -2.18. The standard InChI is InChI=1S/C24H16N8OS/c33-23-21(16-9-3-1-4-10-16)28-32-20(25-19-14-8-7-13-18(19)22(32)26-23)15-34-24-27-29-30-31(24)17-11-5-2-6-12-17/h1-14H,15H2. The molecule has 3 aromatic carbocycles. The minimum absolute atomic E-state index is 0.274. The summed E-state index contributed by atoms with van der Waals surface area (Å²) in [5, 5.41) is 18.2. The van der Waals surface area contributed by atoms with Crippen LogP contribution in [0.2, 0.25) is 0 Å². The first-order chi connectivity index (χ1) is 16.8. The van der Waals surface area contributed by atoms with Crippen molar-refractivity contribution >= 4 is 28.3 Å². The van der Waals surface area contributed by atoms with E-state index in [1.54, 1.807) is 9.20 Å². The Bertz CT molecular complexity index is 1680. The highest BCUT2D eigenvalue weighted by Gasteiger charge is 2.16. The van der Waals surface area contributed by atoms with E-state index in [1.165, 1.54) is 11.8 Å². The topological polar surface area (TPSA) is 104 Å². The van der Waals surface area contributed by atoms with Crippen molar-refractivity contribution in [1.82, 2.24) is 39.8 Å². The molecule has 6 rings (SSSR count). The van der Waals surface area contributed by atoms with Crippen LogP contribution in [0, 0.1) is 0 Å². The molecule has 0 saturated carbocycles. The largest absolute Gasteiger partial charge is 0.300 e. The number of tetrazole rings is 1. The molecule has 164 valence electrons. The van der Waals surface area contributed by atoms with Crippen molar-refractivity contribution in [2.75, 3.05) is 0 Å². The van der Waals surface area contributed by atoms with Gasteiger partial charge in [-0.05, 0) is 34.7 Å². The predicted octanol–water partition coefficient (Wildman–Crippen LogP) is 3.57. The second-order valence-corrected chi connectivity index (χ2v) is 8.35. The molecule has 10 heteroatoms. The number of fused-ring (bicyclic) bond motifs is 3. The van der Waals surface area contributed by atoms with Crippen molar-refractivity contribution in [2.45, 2.75) is 10.9 Å². The van der Waals surface area contributed by atoms with Crippen molar-refractivity contribution in [2.24, 2.45) is 0 Å². The maximum absolute atomic E-state index is 12.9. The Hall–Kier alpha value is -4.44. The van der Waals surface area contributed by atoms with Gasteiger partial charge in [0.15, 0.2) is 11.3 Å². The minimum atomic E-state index is -0.380. The van der Waals surface area contributed by atoms with Crippen LogP contribution in [0.15, 0.2) is 94.9 Å². The third-order valence-electron chi connectivity index (χ3n) is 5.27. The zero-order chi connectivity index (χ0) is 22.9. The molecule has 0 atom stereocenters. The Morgan fingerprint density at radius 2 is 1.56 bits per heavy atom. The average molecular weight is 465 g/mol. The highest BCUT2D eigenvalue weighted by Crippen LogP contribution is 2.25. The first kappa shape index (κ1) is 20.2. The van der Waals surface area contributed by atoms with Crippen LogP contribution in [0.4, 0.5) is 0 Å². The molecule has 0 aliphatic heterocycles. The number of hydrogen-bond acceptors (Lipinski definition) is 8. The number of aromatic nitrogens is 8. The summed E-state index contributed by atoms with van der Waals surface area (Å²) in [4.78, 5) is 22.1. The Morgan fingerprint density at radius 1 is 0.824 bits per heavy atom. The van der Waals surface area contributed by atoms with Crippen molar-refractivity contribution in [3.63, 3.8) is 0 Å². The molecule has 0 fully saturated rings. The highest BCUT2D eigenvalue weighted by molar-refractivity contribution is 7.98. The Kier molecular flexibility index (Phi) is 5.04. The van der Waals surface area contributed by atoms with E-state index in [-0.39, 0.29) is 11.3 Å². The average Bonchev–Trinajstić information content (AvgIpc) is 3.37. The maximum Gasteiger partial charge on any atom is 0.300 e. The lowest BCUT2D eigenvalue weighted by molar-refractivity contribution is 0.755. The number of para-hydroxylation sites is 2. The smallest absolute Gasteiger partial charge is 0.265 e. The second-order valence-electron chi connectivity index (χ2n) is 7.41. The second kappa shape index (κ2) is 8.49. The lowest BCUT2D eigenvalue weighted by atomic mass is 10.2. The number of thioether (sulfide) groups is 1. The van der Waals surface area contributed by atoms with Crippen LogP contribution in [0.3, 0.4) is 0 Å². The van der Waals surface area contributed by atoms with E-state index in [9.17, 15) is 4.79 Å². The molecule has 3 aromatic heterocycles. The van der Waals surface area contributed by atoms with Gasteiger partial charge in [-0.15, -0.1) is 5.10 Å². The monoisotopic (exact) mass is 464 g/mol. The Balaban J connectivity index is 1.48. The molecule has 0 amide bonds. The minimum Gasteiger partial charge on any atom is -0.265 e. The summed E-state index contributed by atoms with van der Waals surface area (Å²) in [5.41, 5.74) is 2.66. The van der Waals surface area contributed by atoms with Crippen molar-refractivity contribution < 1.29 is 0 Å². The summed E-state index contributed by atoms with van der Waals surface area (Å²) in [6.07, 6.45) is 0. The van der Waals surface area contributed by atoms with Gasteiger partial charge in [0.2, 0.25) is 5.16 Å². The van der Waals surface area contributed by atoms with Gasteiger partial charge in [0, 0.05) is 10.9 Å². The molecule has 6 aromatic rings. The molecular formula is C24H16N8OS. The van der Waals surface area contributed by atoms with Crippen molar-refractivity contribution in [1.29, 1.82) is 0 Å². The molecule has 34 heavy (non-hydrogen) atoms. The summed E-state index contributed by atoms with van der Waals surface area (Å²) in [6, 6.07) is 26.6. The fourth-order valence-corrected chi connectivity index (χ4v) is 4.49. The van der Waals surface area contributed by atoms with Gasteiger partial charge >= 0.3 is 0 Å². The molecule has 0 bridgehead atoms. The molecule has 0 unspecified atom stereocenters. The molecule has 3 heterocycles. The quantitative estimate of drug-likeness (QED) is 0.282. The van der Waals surface area contributed by atoms with E-state index >= 15 is 0 Å². The van der Waals surface area contributed by atoms with Gasteiger partial charge in [-0.25, -0.2) is 4.98 Å². The SMILES string of the molecule is O=c1nc2c3ccccc3nc(CSc3nnnn3-c3ccccc3)n2nc1-c1ccccc1. The van der Waals surface area contributed by atoms with E-state index in [2.05, 4.69) is 25.6 Å². The van der Waals surface area contributed by atoms with Gasteiger partial charge in [0.25, 0.3) is 5.56 Å². The number of rotatable bonds is 5. The van der Waals surface area contributed by atoms with Crippen molar-refractivity contribution in [3.05, 3.63) is 101 Å². The van der Waals surface area contributed by atoms with E-state index in [1.807, 2.05) is 84.9 Å². The molecule has 0 aliphatic carbocycles. The van der Waals surface area contributed by atoms with Gasteiger partial charge in [0.05, 0.1) is 17.0 Å². The van der Waals surface area contributed by atoms with Crippen molar-refractivity contribution in [3.8, 4) is 16.9 Å². The summed E-state index contributed by atoms with van der Waals surface area (Å²) < 4.78 is 3.32. The van der Waals surface area contributed by atoms with Crippen LogP contribution in [-0.2, 0) is 5.75 Å². The number of benzene rings is 3. The molecule has 0 aliphatic rings. The van der Waals surface area contributed by atoms with Crippen LogP contribution in [0.25, 0.3) is 33.5 Å². The van der Waals surface area contributed by atoms with Gasteiger partial charge in [0.1, 0.15) is 5.82 Å².